The van der Waals surface area contributed by atoms with E-state index in [0.29, 0.717) is 6.04 Å². The Bertz CT molecular complexity index is 621. The fourth-order valence-electron chi connectivity index (χ4n) is 2.48. The van der Waals surface area contributed by atoms with Crippen molar-refractivity contribution in [2.45, 2.75) is 48.7 Å². The number of halogens is 1. The summed E-state index contributed by atoms with van der Waals surface area (Å²) in [7, 11) is 0. The van der Waals surface area contributed by atoms with Crippen LogP contribution in [0.3, 0.4) is 0 Å². The number of tetrazole rings is 1. The molecule has 5 nitrogen and oxygen atoms in total. The van der Waals surface area contributed by atoms with Gasteiger partial charge < -0.3 is 5.73 Å². The van der Waals surface area contributed by atoms with Crippen LogP contribution in [0.4, 0.5) is 5.69 Å². The minimum Gasteiger partial charge on any atom is -0.398 e. The van der Waals surface area contributed by atoms with Gasteiger partial charge in [0.2, 0.25) is 5.16 Å². The van der Waals surface area contributed by atoms with Crippen LogP contribution in [-0.2, 0) is 0 Å². The van der Waals surface area contributed by atoms with Crippen LogP contribution in [0, 0.1) is 6.92 Å². The Hall–Kier alpha value is -1.08. The fraction of sp³-hybridized carbons (Fsp3) is 0.462. The summed E-state index contributed by atoms with van der Waals surface area (Å²) in [5, 5.41) is 13.0. The average Bonchev–Trinajstić information content (AvgIpc) is 3.06. The van der Waals surface area contributed by atoms with Gasteiger partial charge in [0.15, 0.2) is 0 Å². The molecule has 0 amide bonds. The third kappa shape index (κ3) is 2.69. The van der Waals surface area contributed by atoms with Gasteiger partial charge in [-0.05, 0) is 75.6 Å². The van der Waals surface area contributed by atoms with E-state index >= 15 is 0 Å². The van der Waals surface area contributed by atoms with Gasteiger partial charge in [-0.1, -0.05) is 12.8 Å². The predicted octanol–water partition coefficient (Wildman–Crippen LogP) is 3.59. The van der Waals surface area contributed by atoms with Crippen molar-refractivity contribution in [2.75, 3.05) is 5.73 Å². The molecule has 1 aliphatic rings. The fourth-order valence-corrected chi connectivity index (χ4v) is 4.03. The zero-order chi connectivity index (χ0) is 14.1. The number of aromatic nitrogens is 4. The Morgan fingerprint density at radius 2 is 2.10 bits per heavy atom. The second-order valence-corrected chi connectivity index (χ2v) is 6.95. The van der Waals surface area contributed by atoms with E-state index in [2.05, 4.69) is 37.5 Å². The first-order valence-corrected chi connectivity index (χ1v) is 8.27. The van der Waals surface area contributed by atoms with Gasteiger partial charge in [-0.2, -0.15) is 0 Å². The molecule has 1 aromatic heterocycles. The molecule has 3 rings (SSSR count). The number of nitrogen functional groups attached to an aromatic ring is 1. The summed E-state index contributed by atoms with van der Waals surface area (Å²) in [6.45, 7) is 2.01. The lowest BCUT2D eigenvalue weighted by molar-refractivity contribution is 0.423. The Kier molecular flexibility index (Phi) is 3.98. The van der Waals surface area contributed by atoms with E-state index in [1.165, 1.54) is 25.7 Å². The van der Waals surface area contributed by atoms with Crippen LogP contribution in [0.5, 0.6) is 0 Å². The first-order valence-electron chi connectivity index (χ1n) is 6.66. The Morgan fingerprint density at radius 1 is 1.35 bits per heavy atom. The first-order chi connectivity index (χ1) is 9.65. The van der Waals surface area contributed by atoms with E-state index in [9.17, 15) is 0 Å². The van der Waals surface area contributed by atoms with E-state index in [0.717, 1.165) is 25.8 Å². The first kappa shape index (κ1) is 13.9. The van der Waals surface area contributed by atoms with Crippen LogP contribution >= 0.6 is 27.7 Å². The molecule has 106 valence electrons. The Balaban J connectivity index is 1.88. The molecular weight excluding hydrogens is 338 g/mol. The number of nitrogens with two attached hydrogens (primary N) is 1. The highest BCUT2D eigenvalue weighted by Crippen LogP contribution is 2.37. The number of aryl methyl sites for hydroxylation is 1. The number of nitrogens with zero attached hydrogens (tertiary/aromatic N) is 4. The number of benzene rings is 1. The molecule has 1 saturated carbocycles. The van der Waals surface area contributed by atoms with E-state index in [1.54, 1.807) is 11.8 Å². The summed E-state index contributed by atoms with van der Waals surface area (Å²) in [6.07, 6.45) is 4.86. The van der Waals surface area contributed by atoms with E-state index < -0.39 is 0 Å². The van der Waals surface area contributed by atoms with Crippen molar-refractivity contribution in [3.63, 3.8) is 0 Å². The summed E-state index contributed by atoms with van der Waals surface area (Å²) < 4.78 is 2.95. The minimum atomic E-state index is 0.446. The van der Waals surface area contributed by atoms with Crippen molar-refractivity contribution in [2.24, 2.45) is 0 Å². The number of rotatable bonds is 3. The van der Waals surface area contributed by atoms with Crippen LogP contribution < -0.4 is 5.73 Å². The lowest BCUT2D eigenvalue weighted by Gasteiger charge is -2.12. The molecule has 0 spiro atoms. The van der Waals surface area contributed by atoms with Crippen molar-refractivity contribution >= 4 is 33.4 Å². The van der Waals surface area contributed by atoms with Gasteiger partial charge in [0.25, 0.3) is 0 Å². The van der Waals surface area contributed by atoms with Crippen molar-refractivity contribution < 1.29 is 0 Å². The monoisotopic (exact) mass is 353 g/mol. The Labute approximate surface area is 130 Å². The maximum absolute atomic E-state index is 5.91. The number of hydrogen-bond acceptors (Lipinski definition) is 5. The largest absolute Gasteiger partial charge is 0.398 e. The zero-order valence-electron chi connectivity index (χ0n) is 11.2. The molecule has 1 heterocycles. The second kappa shape index (κ2) is 5.73. The highest BCUT2D eigenvalue weighted by Gasteiger charge is 2.22. The van der Waals surface area contributed by atoms with Crippen LogP contribution in [0.15, 0.2) is 26.7 Å². The standard InChI is InChI=1S/C13H16BrN5S/c1-8-6-12(10(14)7-11(8)15)20-13-16-17-18-19(13)9-4-2-3-5-9/h6-7,9H,2-5,15H2,1H3. The number of hydrogen-bond donors (Lipinski definition) is 1. The van der Waals surface area contributed by atoms with Gasteiger partial charge in [0.05, 0.1) is 6.04 Å². The normalized spacial score (nSPS) is 15.9. The summed E-state index contributed by atoms with van der Waals surface area (Å²) in [4.78, 5) is 1.09. The molecule has 1 fully saturated rings. The minimum absolute atomic E-state index is 0.446. The molecule has 0 saturated heterocycles. The summed E-state index contributed by atoms with van der Waals surface area (Å²) in [5.41, 5.74) is 7.76. The van der Waals surface area contributed by atoms with E-state index in [4.69, 9.17) is 5.73 Å². The molecule has 0 bridgehead atoms. The lowest BCUT2D eigenvalue weighted by atomic mass is 10.2. The maximum Gasteiger partial charge on any atom is 0.214 e. The highest BCUT2D eigenvalue weighted by molar-refractivity contribution is 9.10. The number of anilines is 1. The molecule has 0 atom stereocenters. The van der Waals surface area contributed by atoms with Crippen molar-refractivity contribution in [1.29, 1.82) is 0 Å². The zero-order valence-corrected chi connectivity index (χ0v) is 13.6. The molecule has 2 N–H and O–H groups in total. The smallest absolute Gasteiger partial charge is 0.214 e. The van der Waals surface area contributed by atoms with Gasteiger partial charge in [-0.25, -0.2) is 4.68 Å². The van der Waals surface area contributed by atoms with Crippen molar-refractivity contribution in [3.8, 4) is 0 Å². The highest BCUT2D eigenvalue weighted by atomic mass is 79.9. The SMILES string of the molecule is Cc1cc(Sc2nnnn2C2CCCC2)c(Br)cc1N. The van der Waals surface area contributed by atoms with Crippen LogP contribution in [0.1, 0.15) is 37.3 Å². The van der Waals surface area contributed by atoms with Crippen LogP contribution in [0.2, 0.25) is 0 Å². The molecule has 0 aliphatic heterocycles. The van der Waals surface area contributed by atoms with Crippen molar-refractivity contribution in [1.82, 2.24) is 20.2 Å². The maximum atomic E-state index is 5.91. The van der Waals surface area contributed by atoms with E-state index in [-0.39, 0.29) is 0 Å². The van der Waals surface area contributed by atoms with Crippen molar-refractivity contribution in [3.05, 3.63) is 22.2 Å². The van der Waals surface area contributed by atoms with Gasteiger partial charge in [0, 0.05) is 15.1 Å². The molecule has 0 unspecified atom stereocenters. The molecule has 20 heavy (non-hydrogen) atoms. The lowest BCUT2D eigenvalue weighted by Crippen LogP contribution is -2.08. The van der Waals surface area contributed by atoms with Gasteiger partial charge in [-0.3, -0.25) is 0 Å². The molecular formula is C13H16BrN5S. The average molecular weight is 354 g/mol. The van der Waals surface area contributed by atoms with Gasteiger partial charge >= 0.3 is 0 Å². The summed E-state index contributed by atoms with van der Waals surface area (Å²) >= 11 is 5.14. The third-order valence-corrected chi connectivity index (χ3v) is 5.58. The predicted molar refractivity (Wildman–Crippen MR) is 82.7 cm³/mol. The topological polar surface area (TPSA) is 69.6 Å². The molecule has 1 aliphatic carbocycles. The van der Waals surface area contributed by atoms with Crippen LogP contribution in [0.25, 0.3) is 0 Å². The van der Waals surface area contributed by atoms with Gasteiger partial charge in [0.1, 0.15) is 0 Å². The Morgan fingerprint density at radius 3 is 2.85 bits per heavy atom. The van der Waals surface area contributed by atoms with Gasteiger partial charge in [-0.15, -0.1) is 5.10 Å². The molecule has 2 aromatic rings. The third-order valence-electron chi connectivity index (χ3n) is 3.65. The molecule has 7 heteroatoms. The molecule has 1 aromatic carbocycles. The van der Waals surface area contributed by atoms with Crippen LogP contribution in [-0.4, -0.2) is 20.2 Å². The second-order valence-electron chi connectivity index (χ2n) is 5.09. The quantitative estimate of drug-likeness (QED) is 0.853. The summed E-state index contributed by atoms with van der Waals surface area (Å²) in [5.74, 6) is 0. The van der Waals surface area contributed by atoms with E-state index in [1.807, 2.05) is 17.7 Å². The molecule has 0 radical (unpaired) electrons. The summed E-state index contributed by atoms with van der Waals surface area (Å²) in [6, 6.07) is 4.44.